The molecule has 0 aliphatic rings. The van der Waals surface area contributed by atoms with E-state index in [0.717, 1.165) is 18.6 Å². The summed E-state index contributed by atoms with van der Waals surface area (Å²) in [6, 6.07) is 6.06. The van der Waals surface area contributed by atoms with E-state index in [1.807, 2.05) is 18.3 Å². The standard InChI is InChI=1S/C13H19NOS/c1-12(15)16-11-7-3-2-4-8-13-9-5-6-10-14-13/h5-6,9-10H,2-4,7-8,11H2,1H3. The lowest BCUT2D eigenvalue weighted by atomic mass is 10.1. The van der Waals surface area contributed by atoms with Gasteiger partial charge in [-0.05, 0) is 31.4 Å². The van der Waals surface area contributed by atoms with Crippen LogP contribution in [-0.2, 0) is 11.2 Å². The largest absolute Gasteiger partial charge is 0.288 e. The first-order chi connectivity index (χ1) is 7.79. The molecule has 0 spiro atoms. The highest BCUT2D eigenvalue weighted by atomic mass is 32.2. The van der Waals surface area contributed by atoms with Crippen LogP contribution in [0.25, 0.3) is 0 Å². The average Bonchev–Trinajstić information content (AvgIpc) is 2.29. The van der Waals surface area contributed by atoms with Gasteiger partial charge < -0.3 is 0 Å². The molecule has 0 aliphatic carbocycles. The molecule has 0 amide bonds. The zero-order valence-corrected chi connectivity index (χ0v) is 10.6. The Labute approximate surface area is 102 Å². The number of rotatable bonds is 7. The molecule has 0 N–H and O–H groups in total. The van der Waals surface area contributed by atoms with Crippen LogP contribution in [0.1, 0.15) is 38.3 Å². The third-order valence-corrected chi connectivity index (χ3v) is 3.26. The van der Waals surface area contributed by atoms with Gasteiger partial charge in [-0.3, -0.25) is 9.78 Å². The van der Waals surface area contributed by atoms with Crippen molar-refractivity contribution in [1.82, 2.24) is 4.98 Å². The lowest BCUT2D eigenvalue weighted by molar-refractivity contribution is -0.109. The molecule has 1 heterocycles. The summed E-state index contributed by atoms with van der Waals surface area (Å²) < 4.78 is 0. The number of thioether (sulfide) groups is 1. The van der Waals surface area contributed by atoms with E-state index < -0.39 is 0 Å². The summed E-state index contributed by atoms with van der Waals surface area (Å²) in [7, 11) is 0. The fourth-order valence-electron chi connectivity index (χ4n) is 1.52. The van der Waals surface area contributed by atoms with Crippen molar-refractivity contribution in [2.75, 3.05) is 5.75 Å². The number of pyridine rings is 1. The molecule has 0 aliphatic heterocycles. The van der Waals surface area contributed by atoms with Gasteiger partial charge in [0.1, 0.15) is 0 Å². The molecule has 0 radical (unpaired) electrons. The normalized spacial score (nSPS) is 10.3. The molecule has 1 aromatic rings. The SMILES string of the molecule is CC(=O)SCCCCCCc1ccccn1. The maximum Gasteiger partial charge on any atom is 0.185 e. The van der Waals surface area contributed by atoms with E-state index in [2.05, 4.69) is 11.1 Å². The minimum Gasteiger partial charge on any atom is -0.288 e. The summed E-state index contributed by atoms with van der Waals surface area (Å²) in [5.74, 6) is 0.971. The number of nitrogens with zero attached hydrogens (tertiary/aromatic N) is 1. The smallest absolute Gasteiger partial charge is 0.185 e. The third-order valence-electron chi connectivity index (χ3n) is 2.36. The van der Waals surface area contributed by atoms with Crippen molar-refractivity contribution in [2.24, 2.45) is 0 Å². The van der Waals surface area contributed by atoms with Crippen LogP contribution in [0.15, 0.2) is 24.4 Å². The van der Waals surface area contributed by atoms with Crippen LogP contribution >= 0.6 is 11.8 Å². The number of hydrogen-bond acceptors (Lipinski definition) is 3. The molecule has 0 atom stereocenters. The number of aryl methyl sites for hydroxylation is 1. The molecule has 0 unspecified atom stereocenters. The summed E-state index contributed by atoms with van der Waals surface area (Å²) in [5.41, 5.74) is 1.18. The summed E-state index contributed by atoms with van der Waals surface area (Å²) in [6.07, 6.45) is 7.70. The van der Waals surface area contributed by atoms with Crippen molar-refractivity contribution >= 4 is 16.9 Å². The molecule has 1 aromatic heterocycles. The van der Waals surface area contributed by atoms with Crippen molar-refractivity contribution in [3.05, 3.63) is 30.1 Å². The lowest BCUT2D eigenvalue weighted by Crippen LogP contribution is -1.90. The highest BCUT2D eigenvalue weighted by Gasteiger charge is 1.96. The fraction of sp³-hybridized carbons (Fsp3) is 0.538. The molecule has 0 bridgehead atoms. The number of unbranched alkanes of at least 4 members (excludes halogenated alkanes) is 3. The van der Waals surface area contributed by atoms with Gasteiger partial charge in [-0.2, -0.15) is 0 Å². The van der Waals surface area contributed by atoms with Gasteiger partial charge in [0.25, 0.3) is 0 Å². The minimum atomic E-state index is 0.230. The van der Waals surface area contributed by atoms with Crippen molar-refractivity contribution < 1.29 is 4.79 Å². The van der Waals surface area contributed by atoms with Crippen LogP contribution in [0.5, 0.6) is 0 Å². The van der Waals surface area contributed by atoms with Crippen LogP contribution < -0.4 is 0 Å². The van der Waals surface area contributed by atoms with E-state index in [4.69, 9.17) is 0 Å². The van der Waals surface area contributed by atoms with Crippen LogP contribution in [0, 0.1) is 0 Å². The second-order valence-electron chi connectivity index (χ2n) is 3.83. The van der Waals surface area contributed by atoms with Crippen LogP contribution in [-0.4, -0.2) is 15.9 Å². The van der Waals surface area contributed by atoms with E-state index in [1.54, 1.807) is 6.92 Å². The Balaban J connectivity index is 1.94. The van der Waals surface area contributed by atoms with E-state index in [9.17, 15) is 4.79 Å². The molecule has 0 saturated heterocycles. The van der Waals surface area contributed by atoms with Crippen LogP contribution in [0.2, 0.25) is 0 Å². The molecule has 0 aromatic carbocycles. The first kappa shape index (κ1) is 13.2. The van der Waals surface area contributed by atoms with Crippen molar-refractivity contribution in [3.63, 3.8) is 0 Å². The average molecular weight is 237 g/mol. The monoisotopic (exact) mass is 237 g/mol. The Morgan fingerprint density at radius 3 is 2.75 bits per heavy atom. The maximum absolute atomic E-state index is 10.7. The second kappa shape index (κ2) is 8.34. The van der Waals surface area contributed by atoms with E-state index in [1.165, 1.54) is 36.7 Å². The van der Waals surface area contributed by atoms with Crippen LogP contribution in [0.3, 0.4) is 0 Å². The lowest BCUT2D eigenvalue weighted by Gasteiger charge is -2.00. The van der Waals surface area contributed by atoms with Crippen molar-refractivity contribution in [3.8, 4) is 0 Å². The number of hydrogen-bond donors (Lipinski definition) is 0. The number of aromatic nitrogens is 1. The van der Waals surface area contributed by atoms with Gasteiger partial charge in [0, 0.05) is 24.6 Å². The highest BCUT2D eigenvalue weighted by Crippen LogP contribution is 2.09. The Bertz CT molecular complexity index is 300. The zero-order valence-electron chi connectivity index (χ0n) is 9.82. The predicted octanol–water partition coefficient (Wildman–Crippen LogP) is 3.46. The first-order valence-corrected chi connectivity index (χ1v) is 6.81. The Morgan fingerprint density at radius 2 is 2.06 bits per heavy atom. The molecular formula is C13H19NOS. The molecule has 16 heavy (non-hydrogen) atoms. The molecule has 0 saturated carbocycles. The summed E-state index contributed by atoms with van der Waals surface area (Å²) in [6.45, 7) is 1.63. The zero-order chi connectivity index (χ0) is 11.6. The number of carbonyl (C=O) groups excluding carboxylic acids is 1. The van der Waals surface area contributed by atoms with Crippen molar-refractivity contribution in [1.29, 1.82) is 0 Å². The quantitative estimate of drug-likeness (QED) is 0.680. The van der Waals surface area contributed by atoms with E-state index >= 15 is 0 Å². The highest BCUT2D eigenvalue weighted by molar-refractivity contribution is 8.13. The van der Waals surface area contributed by atoms with Gasteiger partial charge >= 0.3 is 0 Å². The Kier molecular flexibility index (Phi) is 6.90. The van der Waals surface area contributed by atoms with Gasteiger partial charge in [-0.25, -0.2) is 0 Å². The van der Waals surface area contributed by atoms with Gasteiger partial charge in [-0.1, -0.05) is 30.7 Å². The van der Waals surface area contributed by atoms with Crippen LogP contribution in [0.4, 0.5) is 0 Å². The molecular weight excluding hydrogens is 218 g/mol. The molecule has 88 valence electrons. The molecule has 2 nitrogen and oxygen atoms in total. The fourth-order valence-corrected chi connectivity index (χ4v) is 2.16. The topological polar surface area (TPSA) is 30.0 Å². The molecule has 0 fully saturated rings. The van der Waals surface area contributed by atoms with Gasteiger partial charge in [-0.15, -0.1) is 0 Å². The van der Waals surface area contributed by atoms with E-state index in [0.29, 0.717) is 0 Å². The van der Waals surface area contributed by atoms with Gasteiger partial charge in [0.05, 0.1) is 0 Å². The third kappa shape index (κ3) is 6.62. The second-order valence-corrected chi connectivity index (χ2v) is 5.10. The number of carbonyl (C=O) groups is 1. The predicted molar refractivity (Wildman–Crippen MR) is 69.5 cm³/mol. The summed E-state index contributed by atoms with van der Waals surface area (Å²) >= 11 is 1.43. The Morgan fingerprint density at radius 1 is 1.25 bits per heavy atom. The maximum atomic E-state index is 10.7. The Hall–Kier alpha value is -0.830. The van der Waals surface area contributed by atoms with Gasteiger partial charge in [0.15, 0.2) is 5.12 Å². The molecule has 1 rings (SSSR count). The van der Waals surface area contributed by atoms with Crippen molar-refractivity contribution in [2.45, 2.75) is 39.0 Å². The van der Waals surface area contributed by atoms with E-state index in [-0.39, 0.29) is 5.12 Å². The molecule has 3 heteroatoms. The van der Waals surface area contributed by atoms with Gasteiger partial charge in [0.2, 0.25) is 0 Å². The summed E-state index contributed by atoms with van der Waals surface area (Å²) in [4.78, 5) is 15.0. The summed E-state index contributed by atoms with van der Waals surface area (Å²) in [5, 5.41) is 0.230. The minimum absolute atomic E-state index is 0.230. The first-order valence-electron chi connectivity index (χ1n) is 5.82.